The molecule has 0 saturated heterocycles. The van der Waals surface area contributed by atoms with Crippen LogP contribution in [0.2, 0.25) is 0 Å². The van der Waals surface area contributed by atoms with Crippen LogP contribution in [0.4, 0.5) is 0 Å². The smallest absolute Gasteiger partial charge is 0.145 e. The summed E-state index contributed by atoms with van der Waals surface area (Å²) in [6.07, 6.45) is 10.9. The van der Waals surface area contributed by atoms with Crippen molar-refractivity contribution < 1.29 is 20.2 Å². The summed E-state index contributed by atoms with van der Waals surface area (Å²) >= 11 is 0. The molecule has 1 aromatic carbocycles. The molecule has 1 unspecified atom stereocenters. The van der Waals surface area contributed by atoms with Gasteiger partial charge in [0, 0.05) is 5.56 Å². The van der Waals surface area contributed by atoms with Crippen LogP contribution in [0.1, 0.15) is 82.3 Å². The van der Waals surface area contributed by atoms with Crippen LogP contribution in [0.25, 0.3) is 0 Å². The van der Waals surface area contributed by atoms with Crippen molar-refractivity contribution in [1.29, 1.82) is 0 Å². The van der Waals surface area contributed by atoms with Crippen molar-refractivity contribution in [1.82, 2.24) is 0 Å². The maximum Gasteiger partial charge on any atom is 0.145 e. The van der Waals surface area contributed by atoms with Crippen molar-refractivity contribution in [3.8, 4) is 5.75 Å². The highest BCUT2D eigenvalue weighted by molar-refractivity contribution is 6.02. The lowest BCUT2D eigenvalue weighted by Gasteiger charge is -2.11. The number of unbranched alkanes of at least 4 members (excludes halogenated alkanes) is 8. The second-order valence-electron chi connectivity index (χ2n) is 7.27. The Morgan fingerprint density at radius 2 is 1.67 bits per heavy atom. The summed E-state index contributed by atoms with van der Waals surface area (Å²) in [5.41, 5.74) is 2.40. The minimum absolute atomic E-state index is 0.0651. The molecule has 5 heteroatoms. The number of hydrogen-bond acceptors (Lipinski definition) is 5. The van der Waals surface area contributed by atoms with Gasteiger partial charge in [-0.3, -0.25) is 0 Å². The summed E-state index contributed by atoms with van der Waals surface area (Å²) < 4.78 is 0. The zero-order valence-corrected chi connectivity index (χ0v) is 17.0. The summed E-state index contributed by atoms with van der Waals surface area (Å²) in [5.74, 6) is 0.182. The lowest BCUT2D eigenvalue weighted by molar-refractivity contribution is 0.00818. The van der Waals surface area contributed by atoms with Gasteiger partial charge in [-0.2, -0.15) is 0 Å². The van der Waals surface area contributed by atoms with Crippen molar-refractivity contribution in [2.75, 3.05) is 13.2 Å². The maximum atomic E-state index is 10.2. The summed E-state index contributed by atoms with van der Waals surface area (Å²) in [4.78, 5) is 5.20. The van der Waals surface area contributed by atoms with Crippen molar-refractivity contribution >= 4 is 5.71 Å². The van der Waals surface area contributed by atoms with Crippen molar-refractivity contribution in [3.05, 3.63) is 29.3 Å². The molecular formula is C22H37NO4. The number of aromatic hydroxyl groups is 1. The molecule has 0 aromatic heterocycles. The molecule has 154 valence electrons. The monoisotopic (exact) mass is 379 g/mol. The van der Waals surface area contributed by atoms with E-state index >= 15 is 0 Å². The van der Waals surface area contributed by atoms with E-state index in [0.717, 1.165) is 18.4 Å². The van der Waals surface area contributed by atoms with Gasteiger partial charge in [-0.05, 0) is 31.9 Å². The minimum Gasteiger partial charge on any atom is -0.507 e. The number of hydrogen-bond donors (Lipinski definition) is 3. The first-order valence-electron chi connectivity index (χ1n) is 10.4. The summed E-state index contributed by atoms with van der Waals surface area (Å²) in [6, 6.07) is 5.41. The first-order chi connectivity index (χ1) is 13.1. The molecule has 0 heterocycles. The number of phenols is 1. The van der Waals surface area contributed by atoms with Crippen LogP contribution in [0.5, 0.6) is 5.75 Å². The van der Waals surface area contributed by atoms with Crippen LogP contribution in [0, 0.1) is 6.92 Å². The van der Waals surface area contributed by atoms with E-state index in [2.05, 4.69) is 12.1 Å². The number of benzene rings is 1. The van der Waals surface area contributed by atoms with Crippen LogP contribution in [-0.4, -0.2) is 40.3 Å². The molecular weight excluding hydrogens is 342 g/mol. The van der Waals surface area contributed by atoms with Gasteiger partial charge in [-0.1, -0.05) is 75.1 Å². The van der Waals surface area contributed by atoms with Crippen molar-refractivity contribution in [2.45, 2.75) is 84.2 Å². The van der Waals surface area contributed by atoms with Crippen molar-refractivity contribution in [3.63, 3.8) is 0 Å². The van der Waals surface area contributed by atoms with Crippen LogP contribution in [0.15, 0.2) is 23.4 Å². The van der Waals surface area contributed by atoms with Crippen LogP contribution >= 0.6 is 0 Å². The van der Waals surface area contributed by atoms with Gasteiger partial charge in [-0.15, -0.1) is 0 Å². The fourth-order valence-electron chi connectivity index (χ4n) is 2.97. The number of aliphatic hydroxyl groups is 2. The quantitative estimate of drug-likeness (QED) is 0.234. The number of aryl methyl sites for hydroxylation is 1. The molecule has 0 amide bonds. The standard InChI is InChI=1S/C22H37NO4/c1-3-4-5-6-7-8-9-10-11-12-21(23-27-17-19(25)16-24)20-15-18(2)13-14-22(20)26/h13-15,19,24-26H,3-12,16-17H2,1-2H3/b23-21+. The van der Waals surface area contributed by atoms with Crippen LogP contribution in [-0.2, 0) is 4.84 Å². The molecule has 0 aliphatic heterocycles. The Balaban J connectivity index is 2.50. The summed E-state index contributed by atoms with van der Waals surface area (Å²) in [5, 5.41) is 32.6. The second-order valence-corrected chi connectivity index (χ2v) is 7.27. The molecule has 0 aliphatic carbocycles. The van der Waals surface area contributed by atoms with Gasteiger partial charge in [0.05, 0.1) is 12.3 Å². The number of nitrogens with zero attached hydrogens (tertiary/aromatic N) is 1. The van der Waals surface area contributed by atoms with Gasteiger partial charge < -0.3 is 20.2 Å². The van der Waals surface area contributed by atoms with Gasteiger partial charge in [0.1, 0.15) is 18.5 Å². The Hall–Kier alpha value is -1.59. The predicted molar refractivity (Wildman–Crippen MR) is 110 cm³/mol. The normalized spacial score (nSPS) is 13.0. The zero-order chi connectivity index (χ0) is 19.9. The zero-order valence-electron chi connectivity index (χ0n) is 17.0. The second kappa shape index (κ2) is 14.5. The van der Waals surface area contributed by atoms with Crippen molar-refractivity contribution in [2.24, 2.45) is 5.16 Å². The molecule has 1 aromatic rings. The highest BCUT2D eigenvalue weighted by Crippen LogP contribution is 2.22. The summed E-state index contributed by atoms with van der Waals surface area (Å²) in [6.45, 7) is 3.78. The fraction of sp³-hybridized carbons (Fsp3) is 0.682. The van der Waals surface area contributed by atoms with Gasteiger partial charge in [-0.25, -0.2) is 0 Å². The molecule has 0 aliphatic rings. The molecule has 0 spiro atoms. The third-order valence-electron chi connectivity index (χ3n) is 4.63. The topological polar surface area (TPSA) is 82.3 Å². The predicted octanol–water partition coefficient (Wildman–Crippen LogP) is 4.70. The van der Waals surface area contributed by atoms with E-state index in [1.165, 1.54) is 44.9 Å². The largest absolute Gasteiger partial charge is 0.507 e. The third kappa shape index (κ3) is 10.4. The lowest BCUT2D eigenvalue weighted by atomic mass is 10.00. The van der Waals surface area contributed by atoms with Gasteiger partial charge >= 0.3 is 0 Å². The average molecular weight is 380 g/mol. The first kappa shape index (κ1) is 23.4. The SMILES string of the molecule is CCCCCCCCCCC/C(=N\OCC(O)CO)c1cc(C)ccc1O. The highest BCUT2D eigenvalue weighted by Gasteiger charge is 2.11. The molecule has 1 atom stereocenters. The van der Waals surface area contributed by atoms with E-state index < -0.39 is 6.10 Å². The van der Waals surface area contributed by atoms with E-state index in [4.69, 9.17) is 9.94 Å². The Bertz CT molecular complexity index is 545. The average Bonchev–Trinajstić information content (AvgIpc) is 2.67. The Morgan fingerprint density at radius 1 is 1.04 bits per heavy atom. The Kier molecular flexibility index (Phi) is 12.6. The van der Waals surface area contributed by atoms with E-state index in [0.29, 0.717) is 17.7 Å². The molecule has 0 radical (unpaired) electrons. The summed E-state index contributed by atoms with van der Waals surface area (Å²) in [7, 11) is 0. The molecule has 0 bridgehead atoms. The van der Waals surface area contributed by atoms with Crippen LogP contribution < -0.4 is 0 Å². The molecule has 5 nitrogen and oxygen atoms in total. The Morgan fingerprint density at radius 3 is 2.30 bits per heavy atom. The molecule has 0 saturated carbocycles. The van der Waals surface area contributed by atoms with Gasteiger partial charge in [0.15, 0.2) is 0 Å². The van der Waals surface area contributed by atoms with Crippen LogP contribution in [0.3, 0.4) is 0 Å². The minimum atomic E-state index is -0.950. The molecule has 27 heavy (non-hydrogen) atoms. The third-order valence-corrected chi connectivity index (χ3v) is 4.63. The lowest BCUT2D eigenvalue weighted by Crippen LogP contribution is -2.18. The van der Waals surface area contributed by atoms with Gasteiger partial charge in [0.2, 0.25) is 0 Å². The Labute approximate surface area is 164 Å². The number of aliphatic hydroxyl groups excluding tert-OH is 2. The van der Waals surface area contributed by atoms with E-state index in [1.807, 2.05) is 19.1 Å². The maximum absolute atomic E-state index is 10.2. The number of oxime groups is 1. The number of rotatable bonds is 15. The van der Waals surface area contributed by atoms with Gasteiger partial charge in [0.25, 0.3) is 0 Å². The fourth-order valence-corrected chi connectivity index (χ4v) is 2.97. The van der Waals surface area contributed by atoms with E-state index in [-0.39, 0.29) is 19.0 Å². The first-order valence-corrected chi connectivity index (χ1v) is 10.4. The van der Waals surface area contributed by atoms with E-state index in [9.17, 15) is 10.2 Å². The van der Waals surface area contributed by atoms with E-state index in [1.54, 1.807) is 6.07 Å². The molecule has 0 fully saturated rings. The highest BCUT2D eigenvalue weighted by atomic mass is 16.6. The number of phenolic OH excluding ortho intramolecular Hbond substituents is 1. The molecule has 3 N–H and O–H groups in total. The molecule has 1 rings (SSSR count).